The van der Waals surface area contributed by atoms with Gasteiger partial charge in [-0.25, -0.2) is 0 Å². The van der Waals surface area contributed by atoms with Crippen LogP contribution in [0.5, 0.6) is 0 Å². The van der Waals surface area contributed by atoms with Crippen molar-refractivity contribution in [3.8, 4) is 0 Å². The lowest BCUT2D eigenvalue weighted by atomic mass is 10.2. The number of carbonyl (C=O) groups excluding carboxylic acids is 3. The summed E-state index contributed by atoms with van der Waals surface area (Å²) >= 11 is 3.32. The summed E-state index contributed by atoms with van der Waals surface area (Å²) in [6.07, 6.45) is 0.614. The van der Waals surface area contributed by atoms with E-state index in [0.717, 1.165) is 9.37 Å². The molecule has 1 unspecified atom stereocenters. The van der Waals surface area contributed by atoms with Crippen molar-refractivity contribution in [1.29, 1.82) is 0 Å². The Kier molecular flexibility index (Phi) is 6.06. The minimum atomic E-state index is -1.17. The van der Waals surface area contributed by atoms with Crippen molar-refractivity contribution in [2.45, 2.75) is 17.7 Å². The predicted molar refractivity (Wildman–Crippen MR) is 89.0 cm³/mol. The highest BCUT2D eigenvalue weighted by Crippen LogP contribution is 2.14. The van der Waals surface area contributed by atoms with E-state index in [1.165, 1.54) is 11.9 Å². The second-order valence-corrected chi connectivity index (χ2v) is 7.69. The summed E-state index contributed by atoms with van der Waals surface area (Å²) in [5.41, 5.74) is 0. The van der Waals surface area contributed by atoms with Crippen LogP contribution in [0.1, 0.15) is 12.8 Å². The number of halogens is 1. The van der Waals surface area contributed by atoms with Gasteiger partial charge < -0.3 is 4.90 Å². The van der Waals surface area contributed by atoms with Crippen LogP contribution in [0.15, 0.2) is 33.6 Å². The second-order valence-electron chi connectivity index (χ2n) is 5.20. The first kappa shape index (κ1) is 17.8. The SMILES string of the molecule is CN1C(=O)CN(C(=O)CCCS(=O)c2ccc(Br)cc2)CC1=O. The zero-order valence-corrected chi connectivity index (χ0v) is 15.1. The lowest BCUT2D eigenvalue weighted by molar-refractivity contribution is -0.155. The van der Waals surface area contributed by atoms with Gasteiger partial charge in [0.1, 0.15) is 13.1 Å². The molecule has 2 rings (SSSR count). The minimum Gasteiger partial charge on any atom is -0.324 e. The second kappa shape index (κ2) is 7.83. The molecule has 6 nitrogen and oxygen atoms in total. The molecule has 8 heteroatoms. The van der Waals surface area contributed by atoms with Crippen molar-refractivity contribution >= 4 is 44.5 Å². The topological polar surface area (TPSA) is 74.8 Å². The fourth-order valence-corrected chi connectivity index (χ4v) is 3.47. The highest BCUT2D eigenvalue weighted by molar-refractivity contribution is 9.10. The molecule has 1 heterocycles. The van der Waals surface area contributed by atoms with Crippen molar-refractivity contribution in [3.05, 3.63) is 28.7 Å². The van der Waals surface area contributed by atoms with Gasteiger partial charge in [0.05, 0.1) is 10.8 Å². The third-order valence-electron chi connectivity index (χ3n) is 3.55. The molecule has 0 N–H and O–H groups in total. The average molecular weight is 401 g/mol. The Labute approximate surface area is 145 Å². The van der Waals surface area contributed by atoms with Crippen molar-refractivity contribution in [1.82, 2.24) is 9.80 Å². The first-order valence-electron chi connectivity index (χ1n) is 7.09. The predicted octanol–water partition coefficient (Wildman–Crippen LogP) is 1.16. The van der Waals surface area contributed by atoms with Gasteiger partial charge in [-0.1, -0.05) is 15.9 Å². The number of imide groups is 1. The largest absolute Gasteiger partial charge is 0.324 e. The van der Waals surface area contributed by atoms with Crippen LogP contribution in [0.4, 0.5) is 0 Å². The first-order chi connectivity index (χ1) is 10.9. The van der Waals surface area contributed by atoms with E-state index in [1.54, 1.807) is 12.1 Å². The first-order valence-corrected chi connectivity index (χ1v) is 9.21. The summed E-state index contributed by atoms with van der Waals surface area (Å²) in [6, 6.07) is 7.19. The van der Waals surface area contributed by atoms with Gasteiger partial charge in [0.25, 0.3) is 0 Å². The van der Waals surface area contributed by atoms with Crippen molar-refractivity contribution in [2.24, 2.45) is 0 Å². The van der Waals surface area contributed by atoms with Gasteiger partial charge in [0, 0.05) is 28.6 Å². The van der Waals surface area contributed by atoms with Gasteiger partial charge in [-0.05, 0) is 30.7 Å². The Morgan fingerprint density at radius 3 is 2.30 bits per heavy atom. The molecule has 0 radical (unpaired) electrons. The zero-order chi connectivity index (χ0) is 17.0. The molecule has 1 aromatic carbocycles. The molecule has 1 saturated heterocycles. The smallest absolute Gasteiger partial charge is 0.248 e. The van der Waals surface area contributed by atoms with E-state index in [2.05, 4.69) is 15.9 Å². The van der Waals surface area contributed by atoms with E-state index in [9.17, 15) is 18.6 Å². The standard InChI is InChI=1S/C15H17BrN2O4S/c1-17-14(20)9-18(10-15(17)21)13(19)3-2-8-23(22)12-6-4-11(16)5-7-12/h4-7H,2-3,8-10H2,1H3. The van der Waals surface area contributed by atoms with Crippen molar-refractivity contribution in [3.63, 3.8) is 0 Å². The van der Waals surface area contributed by atoms with Crippen LogP contribution in [-0.2, 0) is 25.2 Å². The Morgan fingerprint density at radius 1 is 1.17 bits per heavy atom. The van der Waals surface area contributed by atoms with Crippen LogP contribution in [0.25, 0.3) is 0 Å². The third-order valence-corrected chi connectivity index (χ3v) is 5.54. The number of amides is 3. The third kappa shape index (κ3) is 4.71. The van der Waals surface area contributed by atoms with E-state index in [4.69, 9.17) is 0 Å². The number of hydrogen-bond acceptors (Lipinski definition) is 4. The molecule has 0 bridgehead atoms. The molecular formula is C15H17BrN2O4S. The molecule has 3 amide bonds. The van der Waals surface area contributed by atoms with E-state index in [-0.39, 0.29) is 37.2 Å². The molecule has 1 aromatic rings. The van der Waals surface area contributed by atoms with Gasteiger partial charge in [0.15, 0.2) is 0 Å². The monoisotopic (exact) mass is 400 g/mol. The number of nitrogens with zero attached hydrogens (tertiary/aromatic N) is 2. The van der Waals surface area contributed by atoms with E-state index in [1.807, 2.05) is 12.1 Å². The molecule has 23 heavy (non-hydrogen) atoms. The highest BCUT2D eigenvalue weighted by atomic mass is 79.9. The van der Waals surface area contributed by atoms with Gasteiger partial charge >= 0.3 is 0 Å². The summed E-state index contributed by atoms with van der Waals surface area (Å²) in [4.78, 5) is 38.2. The number of rotatable bonds is 5. The van der Waals surface area contributed by atoms with E-state index < -0.39 is 10.8 Å². The molecule has 1 aliphatic rings. The number of piperazine rings is 1. The lowest BCUT2D eigenvalue weighted by Crippen LogP contribution is -2.53. The Balaban J connectivity index is 1.81. The molecule has 0 aliphatic carbocycles. The van der Waals surface area contributed by atoms with Gasteiger partial charge in [-0.2, -0.15) is 0 Å². The fraction of sp³-hybridized carbons (Fsp3) is 0.400. The number of likely N-dealkylation sites (N-methyl/N-ethyl adjacent to an activating group) is 1. The average Bonchev–Trinajstić information content (AvgIpc) is 2.52. The van der Waals surface area contributed by atoms with Gasteiger partial charge in [-0.15, -0.1) is 0 Å². The summed E-state index contributed by atoms with van der Waals surface area (Å²) in [7, 11) is 0.244. The summed E-state index contributed by atoms with van der Waals surface area (Å²) in [5.74, 6) is -0.656. The molecule has 1 atom stereocenters. The van der Waals surface area contributed by atoms with Gasteiger partial charge in [-0.3, -0.25) is 23.5 Å². The van der Waals surface area contributed by atoms with Crippen molar-refractivity contribution in [2.75, 3.05) is 25.9 Å². The number of benzene rings is 1. The van der Waals surface area contributed by atoms with Crippen LogP contribution < -0.4 is 0 Å². The summed E-state index contributed by atoms with van der Waals surface area (Å²) < 4.78 is 13.0. The van der Waals surface area contributed by atoms with Crippen LogP contribution in [0.2, 0.25) is 0 Å². The van der Waals surface area contributed by atoms with E-state index >= 15 is 0 Å². The Bertz CT molecular complexity index is 629. The maximum Gasteiger partial charge on any atom is 0.248 e. The maximum absolute atomic E-state index is 12.1. The van der Waals surface area contributed by atoms with Crippen LogP contribution in [-0.4, -0.2) is 57.6 Å². The molecule has 0 spiro atoms. The lowest BCUT2D eigenvalue weighted by Gasteiger charge is -2.30. The van der Waals surface area contributed by atoms with Crippen LogP contribution >= 0.6 is 15.9 Å². The number of hydrogen-bond donors (Lipinski definition) is 0. The highest BCUT2D eigenvalue weighted by Gasteiger charge is 2.30. The normalized spacial score (nSPS) is 16.6. The molecule has 1 aliphatic heterocycles. The van der Waals surface area contributed by atoms with Crippen LogP contribution in [0.3, 0.4) is 0 Å². The van der Waals surface area contributed by atoms with Crippen LogP contribution in [0, 0.1) is 0 Å². The van der Waals surface area contributed by atoms with Gasteiger partial charge in [0.2, 0.25) is 17.7 Å². The molecule has 1 fully saturated rings. The Hall–Kier alpha value is -1.54. The molecule has 0 saturated carbocycles. The summed E-state index contributed by atoms with van der Waals surface area (Å²) in [5, 5.41) is 0. The molecule has 124 valence electrons. The molecular weight excluding hydrogens is 384 g/mol. The fourth-order valence-electron chi connectivity index (χ4n) is 2.13. The van der Waals surface area contributed by atoms with E-state index in [0.29, 0.717) is 17.1 Å². The van der Waals surface area contributed by atoms with Crippen molar-refractivity contribution < 1.29 is 18.6 Å². The zero-order valence-electron chi connectivity index (χ0n) is 12.7. The quantitative estimate of drug-likeness (QED) is 0.695. The Morgan fingerprint density at radius 2 is 1.74 bits per heavy atom. The number of carbonyl (C=O) groups is 3. The maximum atomic E-state index is 12.1. The minimum absolute atomic E-state index is 0.0725. The molecule has 0 aromatic heterocycles. The summed E-state index contributed by atoms with van der Waals surface area (Å²) in [6.45, 7) is -0.145.